The first-order valence-electron chi connectivity index (χ1n) is 12.2. The molecule has 0 saturated heterocycles. The molecule has 0 bridgehead atoms. The Labute approximate surface area is 236 Å². The van der Waals surface area contributed by atoms with Crippen molar-refractivity contribution in [2.75, 3.05) is 39.5 Å². The number of thiol groups is 1. The molecule has 0 radical (unpaired) electrons. The van der Waals surface area contributed by atoms with Crippen molar-refractivity contribution in [2.45, 2.75) is 67.3 Å². The molecule has 0 fully saturated rings. The molecule has 0 saturated carbocycles. The Morgan fingerprint density at radius 3 is 1.77 bits per heavy atom. The van der Waals surface area contributed by atoms with Crippen LogP contribution >= 0.6 is 24.4 Å². The quantitative estimate of drug-likeness (QED) is 0.0692. The number of nitrogens with zero attached hydrogens (tertiary/aromatic N) is 1. The normalized spacial score (nSPS) is 18.2. The maximum atomic E-state index is 11.4. The van der Waals surface area contributed by atoms with Crippen LogP contribution in [0, 0.1) is 0 Å². The number of carbonyl (C=O) groups is 1. The average Bonchev–Trinajstić information content (AvgIpc) is 2.93. The number of thioether (sulfide) groups is 1. The van der Waals surface area contributed by atoms with Gasteiger partial charge in [0.05, 0.1) is 25.4 Å². The standard InChI is InChI=1S/C24H41NO12S2/c1-13(28)39-12-15-6-16(3-2-14(15)11-38)37-5-4-25(7-17(29)21(33)23(35)19(31)9-26)8-18(30)22(34)24(36)20(32)10-27/h2-3,6,17-24,26-27,29-36,38H,4-5,7-12H2,1H3/t17-,18-,19-,20-,21-,22-,23-,24-/m1/s1. The van der Waals surface area contributed by atoms with Crippen LogP contribution in [-0.4, -0.2) is 149 Å². The van der Waals surface area contributed by atoms with Crippen molar-refractivity contribution in [1.82, 2.24) is 4.90 Å². The number of carbonyl (C=O) groups excluding carboxylic acids is 1. The summed E-state index contributed by atoms with van der Waals surface area (Å²) in [6.45, 7) is -1.09. The van der Waals surface area contributed by atoms with Crippen LogP contribution in [0.1, 0.15) is 18.1 Å². The minimum atomic E-state index is -1.88. The van der Waals surface area contributed by atoms with Gasteiger partial charge in [-0.05, 0) is 23.3 Å². The number of benzene rings is 1. The Morgan fingerprint density at radius 1 is 0.846 bits per heavy atom. The lowest BCUT2D eigenvalue weighted by atomic mass is 10.0. The van der Waals surface area contributed by atoms with E-state index in [0.717, 1.165) is 22.9 Å². The van der Waals surface area contributed by atoms with Gasteiger partial charge in [-0.3, -0.25) is 9.69 Å². The van der Waals surface area contributed by atoms with E-state index in [2.05, 4.69) is 12.6 Å². The fraction of sp³-hybridized carbons (Fsp3) is 0.708. The summed E-state index contributed by atoms with van der Waals surface area (Å²) < 4.78 is 5.78. The fourth-order valence-corrected chi connectivity index (χ4v) is 4.52. The average molecular weight is 600 g/mol. The minimum Gasteiger partial charge on any atom is -0.492 e. The monoisotopic (exact) mass is 599 g/mol. The molecule has 0 aliphatic heterocycles. The number of hydrogen-bond acceptors (Lipinski definition) is 15. The van der Waals surface area contributed by atoms with E-state index in [9.17, 15) is 45.6 Å². The number of hydrogen-bond donors (Lipinski definition) is 11. The molecule has 0 heterocycles. The summed E-state index contributed by atoms with van der Waals surface area (Å²) in [5.74, 6) is 1.34. The second-order valence-corrected chi connectivity index (χ2v) is 10.5. The summed E-state index contributed by atoms with van der Waals surface area (Å²) in [7, 11) is 0. The maximum absolute atomic E-state index is 11.4. The second kappa shape index (κ2) is 18.4. The summed E-state index contributed by atoms with van der Waals surface area (Å²) in [6.07, 6.45) is -14.3. The molecule has 0 spiro atoms. The van der Waals surface area contributed by atoms with Gasteiger partial charge in [-0.2, -0.15) is 12.6 Å². The Hall–Kier alpha value is -1.05. The van der Waals surface area contributed by atoms with Gasteiger partial charge < -0.3 is 55.8 Å². The zero-order chi connectivity index (χ0) is 29.7. The van der Waals surface area contributed by atoms with Gasteiger partial charge in [-0.1, -0.05) is 17.8 Å². The zero-order valence-corrected chi connectivity index (χ0v) is 23.3. The minimum absolute atomic E-state index is 0.00327. The molecule has 0 aromatic heterocycles. The van der Waals surface area contributed by atoms with Crippen molar-refractivity contribution in [3.63, 3.8) is 0 Å². The SMILES string of the molecule is CC(=O)SCc1cc(OCCN(C[C@@H](O)[C@@H](O)[C@H](O)[C@H](O)CO)C[C@@H](O)[C@@H](O)[C@H](O)[C@H](O)CO)ccc1CS. The van der Waals surface area contributed by atoms with Crippen LogP contribution in [0.15, 0.2) is 18.2 Å². The molecule has 0 amide bonds. The Kier molecular flexibility index (Phi) is 17.0. The van der Waals surface area contributed by atoms with Crippen molar-refractivity contribution in [1.29, 1.82) is 0 Å². The first-order chi connectivity index (χ1) is 18.4. The third kappa shape index (κ3) is 12.1. The summed E-state index contributed by atoms with van der Waals surface area (Å²) in [5.41, 5.74) is 1.77. The molecule has 0 aliphatic carbocycles. The van der Waals surface area contributed by atoms with Crippen LogP contribution in [0.4, 0.5) is 0 Å². The first kappa shape index (κ1) is 36.0. The van der Waals surface area contributed by atoms with E-state index in [1.54, 1.807) is 18.2 Å². The summed E-state index contributed by atoms with van der Waals surface area (Å²) >= 11 is 5.43. The Morgan fingerprint density at radius 2 is 1.33 bits per heavy atom. The molecule has 226 valence electrons. The van der Waals surface area contributed by atoms with E-state index < -0.39 is 75.1 Å². The molecule has 8 atom stereocenters. The first-order valence-corrected chi connectivity index (χ1v) is 13.8. The molecule has 10 N–H and O–H groups in total. The van der Waals surface area contributed by atoms with E-state index in [-0.39, 0.29) is 18.3 Å². The molecule has 0 aliphatic rings. The Bertz CT molecular complexity index is 823. The van der Waals surface area contributed by atoms with E-state index in [1.807, 2.05) is 0 Å². The summed E-state index contributed by atoms with van der Waals surface area (Å²) in [5, 5.41) is 98.0. The summed E-state index contributed by atoms with van der Waals surface area (Å²) in [4.78, 5) is 12.7. The van der Waals surface area contributed by atoms with E-state index in [0.29, 0.717) is 17.3 Å². The fourth-order valence-electron chi connectivity index (χ4n) is 3.58. The molecule has 1 aromatic carbocycles. The van der Waals surface area contributed by atoms with Crippen LogP contribution in [0.2, 0.25) is 0 Å². The lowest BCUT2D eigenvalue weighted by molar-refractivity contribution is -0.130. The lowest BCUT2D eigenvalue weighted by Gasteiger charge is -2.33. The van der Waals surface area contributed by atoms with Gasteiger partial charge in [0.25, 0.3) is 0 Å². The largest absolute Gasteiger partial charge is 0.492 e. The van der Waals surface area contributed by atoms with E-state index in [4.69, 9.17) is 14.9 Å². The predicted molar refractivity (Wildman–Crippen MR) is 145 cm³/mol. The highest BCUT2D eigenvalue weighted by molar-refractivity contribution is 8.12. The van der Waals surface area contributed by atoms with Crippen molar-refractivity contribution in [3.05, 3.63) is 29.3 Å². The highest BCUT2D eigenvalue weighted by Gasteiger charge is 2.34. The van der Waals surface area contributed by atoms with Crippen LogP contribution in [0.25, 0.3) is 0 Å². The molecule has 39 heavy (non-hydrogen) atoms. The molecule has 1 rings (SSSR count). The van der Waals surface area contributed by atoms with Gasteiger partial charge in [0, 0.05) is 38.1 Å². The van der Waals surface area contributed by atoms with Gasteiger partial charge in [-0.15, -0.1) is 0 Å². The zero-order valence-electron chi connectivity index (χ0n) is 21.6. The van der Waals surface area contributed by atoms with Crippen LogP contribution in [0.3, 0.4) is 0 Å². The van der Waals surface area contributed by atoms with Crippen molar-refractivity contribution >= 4 is 29.5 Å². The lowest BCUT2D eigenvalue weighted by Crippen LogP contribution is -2.53. The third-order valence-electron chi connectivity index (χ3n) is 6.00. The predicted octanol–water partition coefficient (Wildman–Crippen LogP) is -3.55. The topological polar surface area (TPSA) is 232 Å². The van der Waals surface area contributed by atoms with E-state index in [1.165, 1.54) is 11.8 Å². The number of aliphatic hydroxyl groups is 10. The van der Waals surface area contributed by atoms with Gasteiger partial charge in [0.2, 0.25) is 0 Å². The molecule has 0 unspecified atom stereocenters. The number of rotatable bonds is 19. The molecule has 1 aromatic rings. The van der Waals surface area contributed by atoms with Crippen molar-refractivity contribution in [3.8, 4) is 5.75 Å². The molecular weight excluding hydrogens is 558 g/mol. The van der Waals surface area contributed by atoms with Gasteiger partial charge in [-0.25, -0.2) is 0 Å². The smallest absolute Gasteiger partial charge is 0.186 e. The number of aliphatic hydroxyl groups excluding tert-OH is 10. The molecule has 13 nitrogen and oxygen atoms in total. The maximum Gasteiger partial charge on any atom is 0.186 e. The van der Waals surface area contributed by atoms with Crippen molar-refractivity contribution < 1.29 is 60.6 Å². The second-order valence-electron chi connectivity index (χ2n) is 9.07. The third-order valence-corrected chi connectivity index (χ3v) is 7.20. The van der Waals surface area contributed by atoms with E-state index >= 15 is 0 Å². The van der Waals surface area contributed by atoms with Crippen LogP contribution in [0.5, 0.6) is 5.75 Å². The Balaban J connectivity index is 2.96. The highest BCUT2D eigenvalue weighted by atomic mass is 32.2. The summed E-state index contributed by atoms with van der Waals surface area (Å²) in [6, 6.07) is 5.26. The van der Waals surface area contributed by atoms with Gasteiger partial charge in [0.15, 0.2) is 5.12 Å². The van der Waals surface area contributed by atoms with Crippen molar-refractivity contribution in [2.24, 2.45) is 0 Å². The molecule has 15 heteroatoms. The van der Waals surface area contributed by atoms with Gasteiger partial charge in [0.1, 0.15) is 49.0 Å². The highest BCUT2D eigenvalue weighted by Crippen LogP contribution is 2.24. The molecular formula is C24H41NO12S2. The number of ether oxygens (including phenoxy) is 1. The van der Waals surface area contributed by atoms with Crippen LogP contribution in [-0.2, 0) is 16.3 Å². The van der Waals surface area contributed by atoms with Crippen LogP contribution < -0.4 is 4.74 Å². The van der Waals surface area contributed by atoms with Gasteiger partial charge >= 0.3 is 0 Å².